The van der Waals surface area contributed by atoms with Crippen LogP contribution in [0.4, 0.5) is 21.6 Å². The zero-order chi connectivity index (χ0) is 33.3. The number of hydrogen-bond donors (Lipinski definition) is 3. The van der Waals surface area contributed by atoms with E-state index in [1.54, 1.807) is 18.0 Å². The molecule has 0 bridgehead atoms. The van der Waals surface area contributed by atoms with Crippen LogP contribution >= 0.6 is 0 Å². The summed E-state index contributed by atoms with van der Waals surface area (Å²) < 4.78 is 44.5. The molecule has 1 aliphatic carbocycles. The second-order valence-electron chi connectivity index (χ2n) is 10.9. The number of nitrogens with zero attached hydrogens (tertiary/aromatic N) is 6. The molecule has 3 N–H and O–H groups in total. The summed E-state index contributed by atoms with van der Waals surface area (Å²) in [6.45, 7) is -1.63. The highest BCUT2D eigenvalue weighted by Gasteiger charge is 2.31. The van der Waals surface area contributed by atoms with E-state index in [2.05, 4.69) is 30.8 Å². The van der Waals surface area contributed by atoms with E-state index in [-0.39, 0.29) is 51.9 Å². The Labute approximate surface area is 253 Å². The first-order valence-electron chi connectivity index (χ1n) is 15.4. The summed E-state index contributed by atoms with van der Waals surface area (Å²) in [5, 5.41) is 19.6. The quantitative estimate of drug-likeness (QED) is 0.339. The standard InChI is InChI=1S/C29H36FN9O4/c1-31-28(41)25-21(15-24(34-35-25)33-27(40)16-6-7-16)32-22-13-17(30)12-19(26(22)43-5)20-14-23(38(4)36-20)29(42)39-10-8-18(9-11-39)37(2)3/h12-16,18H,6-11H2,1-5H3,(H,31,41)(H2,32,33,34,40)/i1D3. The van der Waals surface area contributed by atoms with Crippen LogP contribution in [0.5, 0.6) is 5.75 Å². The SMILES string of the molecule is [2H]C([2H])([2H])NC(=O)c1nnc(NC(=O)C2CC2)cc1Nc1cc(F)cc(-c2cc(C(=O)N3CCC(N(C)C)CC3)n(C)n2)c1OC. The molecular formula is C29H36FN9O4. The lowest BCUT2D eigenvalue weighted by molar-refractivity contribution is -0.117. The molecule has 3 heterocycles. The van der Waals surface area contributed by atoms with Crippen LogP contribution in [0.15, 0.2) is 24.3 Å². The lowest BCUT2D eigenvalue weighted by Gasteiger charge is -2.35. The molecule has 43 heavy (non-hydrogen) atoms. The maximum atomic E-state index is 15.2. The lowest BCUT2D eigenvalue weighted by atomic mass is 10.0. The Bertz CT molecular complexity index is 1650. The highest BCUT2D eigenvalue weighted by atomic mass is 19.1. The first kappa shape index (κ1) is 26.1. The topological polar surface area (TPSA) is 147 Å². The van der Waals surface area contributed by atoms with Gasteiger partial charge in [0.25, 0.3) is 11.8 Å². The van der Waals surface area contributed by atoms with E-state index in [0.29, 0.717) is 24.8 Å². The van der Waals surface area contributed by atoms with Gasteiger partial charge in [-0.1, -0.05) is 0 Å². The van der Waals surface area contributed by atoms with E-state index >= 15 is 4.39 Å². The Balaban J connectivity index is 1.48. The van der Waals surface area contributed by atoms with E-state index in [0.717, 1.165) is 31.7 Å². The molecule has 2 aliphatic rings. The first-order valence-corrected chi connectivity index (χ1v) is 13.9. The monoisotopic (exact) mass is 596 g/mol. The number of ether oxygens (including phenoxy) is 1. The Morgan fingerprint density at radius 2 is 1.81 bits per heavy atom. The van der Waals surface area contributed by atoms with Gasteiger partial charge in [-0.3, -0.25) is 19.1 Å². The van der Waals surface area contributed by atoms with Crippen molar-refractivity contribution in [2.75, 3.05) is 51.9 Å². The Morgan fingerprint density at radius 1 is 1.07 bits per heavy atom. The smallest absolute Gasteiger partial charge is 0.273 e. The summed E-state index contributed by atoms with van der Waals surface area (Å²) in [5.41, 5.74) is 0.338. The summed E-state index contributed by atoms with van der Waals surface area (Å²) in [4.78, 5) is 42.6. The number of hydrogen-bond acceptors (Lipinski definition) is 9. The first-order chi connectivity index (χ1) is 21.7. The van der Waals surface area contributed by atoms with Crippen LogP contribution < -0.4 is 20.7 Å². The van der Waals surface area contributed by atoms with Crippen LogP contribution in [0.2, 0.25) is 0 Å². The van der Waals surface area contributed by atoms with Gasteiger partial charge in [-0.15, -0.1) is 10.2 Å². The molecule has 0 atom stereocenters. The molecular weight excluding hydrogens is 557 g/mol. The van der Waals surface area contributed by atoms with Crippen molar-refractivity contribution in [1.29, 1.82) is 0 Å². The second kappa shape index (κ2) is 12.3. The van der Waals surface area contributed by atoms with Gasteiger partial charge in [-0.2, -0.15) is 5.10 Å². The third-order valence-corrected chi connectivity index (χ3v) is 7.71. The van der Waals surface area contributed by atoms with E-state index < -0.39 is 24.4 Å². The normalized spacial score (nSPS) is 16.7. The summed E-state index contributed by atoms with van der Waals surface area (Å²) in [6.07, 6.45) is 3.17. The zero-order valence-corrected chi connectivity index (χ0v) is 24.4. The fourth-order valence-electron chi connectivity index (χ4n) is 5.14. The van der Waals surface area contributed by atoms with Crippen molar-refractivity contribution in [2.45, 2.75) is 31.7 Å². The Hall–Kier alpha value is -4.59. The van der Waals surface area contributed by atoms with Crippen molar-refractivity contribution in [1.82, 2.24) is 35.1 Å². The van der Waals surface area contributed by atoms with Gasteiger partial charge in [0.15, 0.2) is 17.3 Å². The van der Waals surface area contributed by atoms with Crippen molar-refractivity contribution in [3.8, 4) is 17.0 Å². The van der Waals surface area contributed by atoms with Gasteiger partial charge < -0.3 is 30.5 Å². The van der Waals surface area contributed by atoms with Gasteiger partial charge in [0.1, 0.15) is 11.5 Å². The minimum absolute atomic E-state index is 0.00271. The number of anilines is 3. The summed E-state index contributed by atoms with van der Waals surface area (Å²) >= 11 is 0. The molecule has 3 aromatic rings. The molecule has 5 rings (SSSR count). The number of amides is 3. The number of carbonyl (C=O) groups is 3. The molecule has 2 aromatic heterocycles. The van der Waals surface area contributed by atoms with Gasteiger partial charge in [0, 0.05) is 60.9 Å². The molecule has 1 saturated carbocycles. The molecule has 228 valence electrons. The number of aryl methyl sites for hydroxylation is 1. The number of halogens is 1. The molecule has 0 unspecified atom stereocenters. The van der Waals surface area contributed by atoms with E-state index in [1.165, 1.54) is 23.9 Å². The Morgan fingerprint density at radius 3 is 2.47 bits per heavy atom. The third kappa shape index (κ3) is 6.43. The largest absolute Gasteiger partial charge is 0.494 e. The van der Waals surface area contributed by atoms with Crippen LogP contribution in [-0.4, -0.2) is 94.8 Å². The zero-order valence-electron chi connectivity index (χ0n) is 27.4. The van der Waals surface area contributed by atoms with Crippen molar-refractivity contribution < 1.29 is 27.6 Å². The molecule has 13 nitrogen and oxygen atoms in total. The average molecular weight is 597 g/mol. The molecule has 1 aromatic carbocycles. The van der Waals surface area contributed by atoms with E-state index in [9.17, 15) is 14.4 Å². The molecule has 0 spiro atoms. The highest BCUT2D eigenvalue weighted by Crippen LogP contribution is 2.39. The number of carbonyl (C=O) groups excluding carboxylic acids is 3. The lowest BCUT2D eigenvalue weighted by Crippen LogP contribution is -2.44. The van der Waals surface area contributed by atoms with Crippen molar-refractivity contribution >= 4 is 34.9 Å². The van der Waals surface area contributed by atoms with Crippen LogP contribution in [0.3, 0.4) is 0 Å². The Kier molecular flexibility index (Phi) is 7.48. The minimum atomic E-state index is -2.82. The van der Waals surface area contributed by atoms with E-state index in [4.69, 9.17) is 8.85 Å². The third-order valence-electron chi connectivity index (χ3n) is 7.71. The number of nitrogens with one attached hydrogen (secondary N) is 3. The van der Waals surface area contributed by atoms with Crippen molar-refractivity contribution in [2.24, 2.45) is 13.0 Å². The minimum Gasteiger partial charge on any atom is -0.494 e. The molecule has 0 radical (unpaired) electrons. The second-order valence-corrected chi connectivity index (χ2v) is 10.9. The average Bonchev–Trinajstić information content (AvgIpc) is 3.77. The van der Waals surface area contributed by atoms with Gasteiger partial charge in [0.05, 0.1) is 24.2 Å². The molecule has 1 saturated heterocycles. The molecule has 14 heteroatoms. The van der Waals surface area contributed by atoms with Gasteiger partial charge in [0.2, 0.25) is 5.91 Å². The number of aromatic nitrogens is 4. The number of rotatable bonds is 9. The molecule has 1 aliphatic heterocycles. The fraction of sp³-hybridized carbons (Fsp3) is 0.448. The molecule has 2 fully saturated rings. The van der Waals surface area contributed by atoms with Crippen LogP contribution in [0.1, 0.15) is 50.8 Å². The number of methoxy groups -OCH3 is 1. The van der Waals surface area contributed by atoms with Gasteiger partial charge in [-0.25, -0.2) is 4.39 Å². The maximum Gasteiger partial charge on any atom is 0.273 e. The summed E-state index contributed by atoms with van der Waals surface area (Å²) in [7, 11) is 7.04. The fourth-order valence-corrected chi connectivity index (χ4v) is 5.14. The van der Waals surface area contributed by atoms with Crippen molar-refractivity contribution in [3.63, 3.8) is 0 Å². The van der Waals surface area contributed by atoms with Crippen LogP contribution in [0, 0.1) is 11.7 Å². The van der Waals surface area contributed by atoms with Crippen LogP contribution in [-0.2, 0) is 11.8 Å². The number of likely N-dealkylation sites (tertiary alicyclic amines) is 1. The molecule has 3 amide bonds. The van der Waals surface area contributed by atoms with Crippen LogP contribution in [0.25, 0.3) is 11.3 Å². The van der Waals surface area contributed by atoms with Gasteiger partial charge in [-0.05, 0) is 51.9 Å². The van der Waals surface area contributed by atoms with Gasteiger partial charge >= 0.3 is 0 Å². The maximum absolute atomic E-state index is 15.2. The number of benzene rings is 1. The summed E-state index contributed by atoms with van der Waals surface area (Å²) in [6, 6.07) is 5.58. The predicted molar refractivity (Wildman–Crippen MR) is 158 cm³/mol. The highest BCUT2D eigenvalue weighted by molar-refractivity contribution is 6.00. The van der Waals surface area contributed by atoms with Crippen molar-refractivity contribution in [3.05, 3.63) is 41.5 Å². The number of piperidine rings is 1. The summed E-state index contributed by atoms with van der Waals surface area (Å²) in [5.74, 6) is -2.26. The van der Waals surface area contributed by atoms with E-state index in [1.807, 2.05) is 19.4 Å². The predicted octanol–water partition coefficient (Wildman–Crippen LogP) is 2.64.